The van der Waals surface area contributed by atoms with Crippen LogP contribution in [-0.2, 0) is 10.0 Å². The second-order valence-corrected chi connectivity index (χ2v) is 7.88. The van der Waals surface area contributed by atoms with Crippen molar-refractivity contribution in [2.45, 2.75) is 42.7 Å². The predicted octanol–water partition coefficient (Wildman–Crippen LogP) is 1.76. The van der Waals surface area contributed by atoms with E-state index in [4.69, 9.17) is 0 Å². The number of anilines is 1. The molecule has 2 atom stereocenters. The highest BCUT2D eigenvalue weighted by Crippen LogP contribution is 2.28. The third-order valence-corrected chi connectivity index (χ3v) is 5.76. The van der Waals surface area contributed by atoms with Crippen molar-refractivity contribution in [2.24, 2.45) is 4.99 Å². The van der Waals surface area contributed by atoms with Crippen molar-refractivity contribution in [3.05, 3.63) is 24.0 Å². The van der Waals surface area contributed by atoms with Crippen LogP contribution in [0.3, 0.4) is 0 Å². The second-order valence-electron chi connectivity index (χ2n) is 6.23. The molecule has 0 unspecified atom stereocenters. The number of nitrogens with zero attached hydrogens (tertiary/aromatic N) is 2. The molecule has 0 amide bonds. The number of sulfonamides is 1. The Balaban J connectivity index is 1.92. The number of aliphatic imine (C=N–C) groups is 1. The van der Waals surface area contributed by atoms with Crippen molar-refractivity contribution >= 4 is 21.7 Å². The first-order valence-electron chi connectivity index (χ1n) is 7.70. The highest BCUT2D eigenvalue weighted by Gasteiger charge is 2.30. The summed E-state index contributed by atoms with van der Waals surface area (Å²) in [7, 11) is 0.292. The minimum Gasteiger partial charge on any atom is -0.324 e. The number of nitrogens with one attached hydrogen (secondary N) is 2. The summed E-state index contributed by atoms with van der Waals surface area (Å²) in [4.78, 5) is 6.73. The van der Waals surface area contributed by atoms with E-state index in [2.05, 4.69) is 19.9 Å². The van der Waals surface area contributed by atoms with Crippen molar-refractivity contribution in [1.29, 1.82) is 0 Å². The lowest BCUT2D eigenvalue weighted by molar-refractivity contribution is 0.202. The van der Waals surface area contributed by atoms with Crippen LogP contribution in [0, 0.1) is 5.82 Å². The molecule has 0 bridgehead atoms. The molecule has 0 aromatic heterocycles. The van der Waals surface area contributed by atoms with E-state index in [0.717, 1.165) is 31.7 Å². The van der Waals surface area contributed by atoms with Crippen molar-refractivity contribution in [3.8, 4) is 0 Å². The number of hydrogen-bond acceptors (Lipinski definition) is 4. The molecule has 0 radical (unpaired) electrons. The van der Waals surface area contributed by atoms with Crippen LogP contribution < -0.4 is 10.0 Å². The molecule has 0 saturated heterocycles. The van der Waals surface area contributed by atoms with E-state index < -0.39 is 15.8 Å². The van der Waals surface area contributed by atoms with Crippen molar-refractivity contribution in [3.63, 3.8) is 0 Å². The van der Waals surface area contributed by atoms with E-state index in [1.807, 2.05) is 14.1 Å². The van der Waals surface area contributed by atoms with Gasteiger partial charge >= 0.3 is 0 Å². The number of hydrogen-bond donors (Lipinski definition) is 2. The number of rotatable bonds is 2. The second kappa shape index (κ2) is 6.09. The van der Waals surface area contributed by atoms with Gasteiger partial charge in [-0.3, -0.25) is 0 Å². The van der Waals surface area contributed by atoms with E-state index in [9.17, 15) is 12.8 Å². The maximum Gasteiger partial charge on any atom is 0.266 e. The summed E-state index contributed by atoms with van der Waals surface area (Å²) in [5, 5.41) is 2.90. The molecule has 2 aliphatic rings. The van der Waals surface area contributed by atoms with Crippen LogP contribution in [0.25, 0.3) is 0 Å². The van der Waals surface area contributed by atoms with Gasteiger partial charge in [0.05, 0.1) is 11.7 Å². The zero-order valence-corrected chi connectivity index (χ0v) is 14.0. The zero-order chi connectivity index (χ0) is 16.6. The summed E-state index contributed by atoms with van der Waals surface area (Å²) in [5.41, 5.74) is 0.222. The van der Waals surface area contributed by atoms with Crippen molar-refractivity contribution < 1.29 is 12.8 Å². The predicted molar refractivity (Wildman–Crippen MR) is 87.5 cm³/mol. The maximum absolute atomic E-state index is 13.4. The molecule has 1 aliphatic heterocycles. The lowest BCUT2D eigenvalue weighted by Gasteiger charge is -2.34. The van der Waals surface area contributed by atoms with Crippen LogP contribution in [0.4, 0.5) is 10.1 Å². The number of fused-ring (bicyclic) bond motifs is 1. The van der Waals surface area contributed by atoms with Crippen LogP contribution >= 0.6 is 0 Å². The van der Waals surface area contributed by atoms with E-state index >= 15 is 0 Å². The van der Waals surface area contributed by atoms with E-state index in [1.165, 1.54) is 12.1 Å². The Morgan fingerprint density at radius 2 is 2.00 bits per heavy atom. The van der Waals surface area contributed by atoms with Crippen LogP contribution in [0.2, 0.25) is 0 Å². The number of halogens is 1. The summed E-state index contributed by atoms with van der Waals surface area (Å²) < 4.78 is 40.4. The lowest BCUT2D eigenvalue weighted by Crippen LogP contribution is -2.45. The van der Waals surface area contributed by atoms with Gasteiger partial charge in [0.15, 0.2) is 0 Å². The first kappa shape index (κ1) is 16.2. The first-order chi connectivity index (χ1) is 10.9. The van der Waals surface area contributed by atoms with Crippen molar-refractivity contribution in [2.75, 3.05) is 19.4 Å². The third-order valence-electron chi connectivity index (χ3n) is 4.37. The Morgan fingerprint density at radius 3 is 2.74 bits per heavy atom. The standard InChI is InChI=1S/C15H21FN4O2S/c1-20(2)13-6-4-3-5-11(13)17-15-18-12-9-10(16)7-8-14(12)23(21,22)19-15/h7-9,11,13H,3-6H2,1-2H3,(H2,17,18,19)/t11-,13-/m1/s1. The normalized spacial score (nSPS) is 28.1. The van der Waals surface area contributed by atoms with E-state index in [1.54, 1.807) is 0 Å². The Bertz CT molecular complexity index is 733. The molecule has 1 aromatic carbocycles. The zero-order valence-electron chi connectivity index (χ0n) is 13.2. The topological polar surface area (TPSA) is 73.8 Å². The van der Waals surface area contributed by atoms with Gasteiger partial charge in [-0.2, -0.15) is 0 Å². The fourth-order valence-corrected chi connectivity index (χ4v) is 4.35. The highest BCUT2D eigenvalue weighted by atomic mass is 32.2. The van der Waals surface area contributed by atoms with Gasteiger partial charge in [0.2, 0.25) is 5.96 Å². The average molecular weight is 340 g/mol. The fourth-order valence-electron chi connectivity index (χ4n) is 3.24. The molecular weight excluding hydrogens is 319 g/mol. The summed E-state index contributed by atoms with van der Waals surface area (Å²) in [6.07, 6.45) is 4.17. The van der Waals surface area contributed by atoms with E-state index in [-0.39, 0.29) is 28.6 Å². The number of likely N-dealkylation sites (N-methyl/N-ethyl adjacent to an activating group) is 1. The molecule has 1 heterocycles. The maximum atomic E-state index is 13.4. The lowest BCUT2D eigenvalue weighted by atomic mass is 9.90. The van der Waals surface area contributed by atoms with Gasteiger partial charge in [0, 0.05) is 6.04 Å². The van der Waals surface area contributed by atoms with Crippen LogP contribution in [0.5, 0.6) is 0 Å². The molecule has 126 valence electrons. The molecule has 6 nitrogen and oxygen atoms in total. The third kappa shape index (κ3) is 3.32. The molecule has 0 spiro atoms. The minimum absolute atomic E-state index is 0.0130. The van der Waals surface area contributed by atoms with Gasteiger partial charge in [-0.25, -0.2) is 22.5 Å². The number of guanidine groups is 1. The summed E-state index contributed by atoms with van der Waals surface area (Å²) in [6, 6.07) is 3.84. The van der Waals surface area contributed by atoms with E-state index in [0.29, 0.717) is 0 Å². The molecule has 23 heavy (non-hydrogen) atoms. The molecule has 1 aromatic rings. The Labute approximate surface area is 135 Å². The van der Waals surface area contributed by atoms with Gasteiger partial charge in [-0.15, -0.1) is 0 Å². The summed E-state index contributed by atoms with van der Waals surface area (Å²) in [6.45, 7) is 0. The van der Waals surface area contributed by atoms with Gasteiger partial charge < -0.3 is 10.2 Å². The number of benzene rings is 1. The average Bonchev–Trinajstić information content (AvgIpc) is 2.46. The largest absolute Gasteiger partial charge is 0.324 e. The fraction of sp³-hybridized carbons (Fsp3) is 0.533. The summed E-state index contributed by atoms with van der Waals surface area (Å²) in [5.74, 6) is -0.321. The smallest absolute Gasteiger partial charge is 0.266 e. The molecule has 8 heteroatoms. The highest BCUT2D eigenvalue weighted by molar-refractivity contribution is 7.90. The van der Waals surface area contributed by atoms with Crippen LogP contribution in [-0.4, -0.2) is 45.5 Å². The molecule has 1 aliphatic carbocycles. The molecule has 3 rings (SSSR count). The van der Waals surface area contributed by atoms with Crippen molar-refractivity contribution in [1.82, 2.24) is 9.62 Å². The van der Waals surface area contributed by atoms with Gasteiger partial charge in [-0.05, 0) is 45.1 Å². The quantitative estimate of drug-likeness (QED) is 0.860. The molecule has 2 N–H and O–H groups in total. The van der Waals surface area contributed by atoms with Crippen LogP contribution in [0.15, 0.2) is 28.1 Å². The van der Waals surface area contributed by atoms with Gasteiger partial charge in [0.1, 0.15) is 10.7 Å². The molecule has 1 fully saturated rings. The molecular formula is C15H21FN4O2S. The molecule has 1 saturated carbocycles. The SMILES string of the molecule is CN(C)[C@@H]1CCCC[C@H]1N=C1Nc2cc(F)ccc2S(=O)(=O)N1. The Hall–Kier alpha value is -1.67. The van der Waals surface area contributed by atoms with Crippen LogP contribution in [0.1, 0.15) is 25.7 Å². The summed E-state index contributed by atoms with van der Waals surface area (Å²) >= 11 is 0. The first-order valence-corrected chi connectivity index (χ1v) is 9.19. The minimum atomic E-state index is -3.72. The Morgan fingerprint density at radius 1 is 1.26 bits per heavy atom. The monoisotopic (exact) mass is 340 g/mol. The van der Waals surface area contributed by atoms with Gasteiger partial charge in [0.25, 0.3) is 10.0 Å². The van der Waals surface area contributed by atoms with Gasteiger partial charge in [-0.1, -0.05) is 12.8 Å². The Kier molecular flexibility index (Phi) is 4.29.